The number of amides is 5. The van der Waals surface area contributed by atoms with E-state index in [1.807, 2.05) is 48.5 Å². The maximum absolute atomic E-state index is 14.2. The number of aromatic amines is 3. The van der Waals surface area contributed by atoms with E-state index in [0.29, 0.717) is 11.3 Å². The van der Waals surface area contributed by atoms with Gasteiger partial charge in [-0.25, -0.2) is 9.78 Å². The summed E-state index contributed by atoms with van der Waals surface area (Å²) in [6.07, 6.45) is 6.83. The first-order valence-electron chi connectivity index (χ1n) is 20.2. The Morgan fingerprint density at radius 2 is 1.23 bits per heavy atom. The number of aromatic nitrogens is 4. The molecule has 2 aromatic carbocycles. The summed E-state index contributed by atoms with van der Waals surface area (Å²) in [7, 11) is 0. The molecule has 62 heavy (non-hydrogen) atoms. The number of nitrogens with zero attached hydrogens (tertiary/aromatic N) is 2. The molecule has 0 fully saturated rings. The number of imidazole rings is 1. The number of carboxylic acids is 1. The second-order valence-corrected chi connectivity index (χ2v) is 15.4. The van der Waals surface area contributed by atoms with E-state index in [2.05, 4.69) is 51.5 Å². The third-order valence-corrected chi connectivity index (χ3v) is 10.4. The number of carbonyl (C=O) groups excluding carboxylic acids is 5. The minimum atomic E-state index is -1.25. The van der Waals surface area contributed by atoms with Gasteiger partial charge in [0.2, 0.25) is 29.5 Å². The van der Waals surface area contributed by atoms with E-state index in [4.69, 9.17) is 17.2 Å². The molecule has 0 unspecified atom stereocenters. The number of hydrogen-bond acceptors (Lipinski definition) is 9. The summed E-state index contributed by atoms with van der Waals surface area (Å²) < 4.78 is 0. The van der Waals surface area contributed by atoms with Crippen LogP contribution >= 0.6 is 0 Å². The van der Waals surface area contributed by atoms with Gasteiger partial charge in [-0.2, -0.15) is 0 Å². The number of guanidine groups is 1. The number of nitrogens with two attached hydrogens (primary N) is 3. The van der Waals surface area contributed by atoms with Gasteiger partial charge in [0.1, 0.15) is 30.2 Å². The normalized spacial score (nSPS) is 14.2. The quantitative estimate of drug-likeness (QED) is 0.0249. The molecule has 5 rings (SSSR count). The second kappa shape index (κ2) is 21.3. The minimum absolute atomic E-state index is 0.00868. The lowest BCUT2D eigenvalue weighted by Gasteiger charge is -2.26. The van der Waals surface area contributed by atoms with E-state index in [0.717, 1.165) is 27.4 Å². The van der Waals surface area contributed by atoms with E-state index in [9.17, 15) is 33.9 Å². The van der Waals surface area contributed by atoms with Crippen molar-refractivity contribution in [1.82, 2.24) is 46.5 Å². The van der Waals surface area contributed by atoms with Crippen molar-refractivity contribution in [1.29, 1.82) is 0 Å². The van der Waals surface area contributed by atoms with Gasteiger partial charge in [0.15, 0.2) is 5.96 Å². The number of rotatable bonds is 22. The van der Waals surface area contributed by atoms with Crippen molar-refractivity contribution in [2.45, 2.75) is 89.1 Å². The summed E-state index contributed by atoms with van der Waals surface area (Å²) >= 11 is 0. The highest BCUT2D eigenvalue weighted by Crippen LogP contribution is 2.21. The monoisotopic (exact) mass is 853 g/mol. The molecule has 0 aliphatic carbocycles. The minimum Gasteiger partial charge on any atom is -0.480 e. The largest absolute Gasteiger partial charge is 0.480 e. The van der Waals surface area contributed by atoms with E-state index >= 15 is 0 Å². The van der Waals surface area contributed by atoms with Crippen molar-refractivity contribution in [3.8, 4) is 0 Å². The van der Waals surface area contributed by atoms with Crippen molar-refractivity contribution in [2.24, 2.45) is 28.1 Å². The summed E-state index contributed by atoms with van der Waals surface area (Å²) in [5.41, 5.74) is 20.9. The Bertz CT molecular complexity index is 2370. The molecule has 0 bridgehead atoms. The van der Waals surface area contributed by atoms with Crippen molar-refractivity contribution < 1.29 is 33.9 Å². The topological polar surface area (TPSA) is 333 Å². The van der Waals surface area contributed by atoms with Crippen LogP contribution in [0.5, 0.6) is 0 Å². The molecule has 3 heterocycles. The number of benzene rings is 2. The number of nitrogens with one attached hydrogen (secondary N) is 8. The molecule has 0 aliphatic rings. The van der Waals surface area contributed by atoms with Gasteiger partial charge in [-0.3, -0.25) is 29.0 Å². The first-order chi connectivity index (χ1) is 29.6. The molecular weight excluding hydrogens is 799 g/mol. The lowest BCUT2D eigenvalue weighted by atomic mass is 10.0. The summed E-state index contributed by atoms with van der Waals surface area (Å²) in [4.78, 5) is 98.2. The average molecular weight is 854 g/mol. The maximum atomic E-state index is 14.2. The Morgan fingerprint density at radius 3 is 1.76 bits per heavy atom. The van der Waals surface area contributed by atoms with Gasteiger partial charge >= 0.3 is 5.97 Å². The number of H-pyrrole nitrogens is 3. The summed E-state index contributed by atoms with van der Waals surface area (Å²) in [6.45, 7) is 4.81. The standard InChI is InChI=1S/C42H55N13O7/c1-22(2)35(41(61)62)55-40(60)34(16-25-19-49-31-12-7-5-10-28(25)31)53-36(56)23(3)51-38(58)32(13-8-14-47-42(44)45)52-39(59)33(15-24-18-48-30-11-6-4-9-27(24)30)54-37(57)29(43)17-26-20-46-21-50-26/h4-7,9-12,18-23,29,32-35,48-49H,8,13-17,43H2,1-3H3,(H,46,50)(H,51,58)(H,52,59)(H,53,56)(H,54,57)(H,55,60)(H,61,62)(H4,44,45,47)/t23-,29-,32-,33-,34-,35-/m0/s1. The Hall–Kier alpha value is -7.22. The van der Waals surface area contributed by atoms with Crippen LogP contribution < -0.4 is 43.8 Å². The molecule has 0 radical (unpaired) electrons. The second-order valence-electron chi connectivity index (χ2n) is 15.4. The van der Waals surface area contributed by atoms with Crippen LogP contribution in [0.2, 0.25) is 0 Å². The van der Waals surface area contributed by atoms with Gasteiger partial charge in [0.05, 0.1) is 12.4 Å². The molecule has 0 saturated carbocycles. The van der Waals surface area contributed by atoms with Crippen LogP contribution in [0.4, 0.5) is 0 Å². The number of aliphatic carboxylic acids is 1. The predicted octanol–water partition coefficient (Wildman–Crippen LogP) is -0.0344. The molecule has 5 amide bonds. The zero-order valence-electron chi connectivity index (χ0n) is 34.7. The zero-order chi connectivity index (χ0) is 44.9. The molecule has 3 aromatic heterocycles. The third-order valence-electron chi connectivity index (χ3n) is 10.4. The van der Waals surface area contributed by atoms with Gasteiger partial charge in [-0.1, -0.05) is 50.2 Å². The van der Waals surface area contributed by atoms with Crippen LogP contribution in [0.25, 0.3) is 21.8 Å². The number of carboxylic acid groups (broad SMARTS) is 1. The van der Waals surface area contributed by atoms with E-state index < -0.39 is 77.7 Å². The fourth-order valence-corrected chi connectivity index (χ4v) is 6.95. The molecule has 20 nitrogen and oxygen atoms in total. The summed E-state index contributed by atoms with van der Waals surface area (Å²) in [6, 6.07) is 7.59. The Balaban J connectivity index is 1.34. The van der Waals surface area contributed by atoms with E-state index in [-0.39, 0.29) is 44.6 Å². The lowest BCUT2D eigenvalue weighted by molar-refractivity contribution is -0.143. The summed E-state index contributed by atoms with van der Waals surface area (Å²) in [5.74, 6) is -5.42. The molecule has 0 saturated heterocycles. The SMILES string of the molecule is CC(C)[C@H](NC(=O)[C@H](Cc1c[nH]c2ccccc12)NC(=O)[C@H](C)NC(=O)[C@H](CCCN=C(N)N)NC(=O)[C@H](Cc1c[nH]c2ccccc12)NC(=O)[C@@H](N)Cc1cnc[nH]1)C(=O)O. The number of para-hydroxylation sites is 2. The molecule has 15 N–H and O–H groups in total. The highest BCUT2D eigenvalue weighted by Gasteiger charge is 2.33. The van der Waals surface area contributed by atoms with Crippen molar-refractivity contribution in [2.75, 3.05) is 6.54 Å². The fourth-order valence-electron chi connectivity index (χ4n) is 6.95. The Kier molecular flexibility index (Phi) is 15.8. The predicted molar refractivity (Wildman–Crippen MR) is 232 cm³/mol. The van der Waals surface area contributed by atoms with Gasteiger partial charge in [-0.15, -0.1) is 0 Å². The van der Waals surface area contributed by atoms with Crippen LogP contribution in [-0.2, 0) is 48.0 Å². The average Bonchev–Trinajstić information content (AvgIpc) is 4.01. The van der Waals surface area contributed by atoms with Crippen molar-refractivity contribution in [3.63, 3.8) is 0 Å². The number of carbonyl (C=O) groups is 6. The Morgan fingerprint density at radius 1 is 0.694 bits per heavy atom. The van der Waals surface area contributed by atoms with Gasteiger partial charge in [-0.05, 0) is 48.9 Å². The zero-order valence-corrected chi connectivity index (χ0v) is 34.7. The van der Waals surface area contributed by atoms with E-state index in [1.165, 1.54) is 19.4 Å². The van der Waals surface area contributed by atoms with E-state index in [1.54, 1.807) is 26.2 Å². The lowest BCUT2D eigenvalue weighted by Crippen LogP contribution is -2.59. The maximum Gasteiger partial charge on any atom is 0.326 e. The molecule has 330 valence electrons. The number of aliphatic imine (C=N–C) groups is 1. The summed E-state index contributed by atoms with van der Waals surface area (Å²) in [5, 5.41) is 24.8. The van der Waals surface area contributed by atoms with Crippen LogP contribution in [-0.4, -0.2) is 109 Å². The van der Waals surface area contributed by atoms with Gasteiger partial charge < -0.3 is 63.8 Å². The molecule has 6 atom stereocenters. The van der Waals surface area contributed by atoms with Gasteiger partial charge in [0, 0.05) is 71.9 Å². The molecule has 0 aliphatic heterocycles. The Labute approximate surface area is 357 Å². The molecule has 0 spiro atoms. The first kappa shape index (κ1) is 45.9. The molecule has 5 aromatic rings. The van der Waals surface area contributed by atoms with Crippen LogP contribution in [0.1, 0.15) is 50.4 Å². The number of fused-ring (bicyclic) bond motifs is 2. The van der Waals surface area contributed by atoms with Crippen molar-refractivity contribution in [3.05, 3.63) is 90.3 Å². The molecular formula is C42H55N13O7. The number of hydrogen-bond donors (Lipinski definition) is 12. The smallest absolute Gasteiger partial charge is 0.326 e. The fraction of sp³-hybridized carbons (Fsp3) is 0.381. The molecule has 20 heteroatoms. The van der Waals surface area contributed by atoms with Crippen LogP contribution in [0, 0.1) is 5.92 Å². The first-order valence-corrected chi connectivity index (χ1v) is 20.2. The van der Waals surface area contributed by atoms with Crippen LogP contribution in [0.3, 0.4) is 0 Å². The van der Waals surface area contributed by atoms with Crippen molar-refractivity contribution >= 4 is 63.3 Å². The van der Waals surface area contributed by atoms with Crippen LogP contribution in [0.15, 0.2) is 78.4 Å². The van der Waals surface area contributed by atoms with Gasteiger partial charge in [0.25, 0.3) is 0 Å². The third kappa shape index (κ3) is 12.4. The highest BCUT2D eigenvalue weighted by atomic mass is 16.4. The highest BCUT2D eigenvalue weighted by molar-refractivity contribution is 5.97.